The summed E-state index contributed by atoms with van der Waals surface area (Å²) in [6.07, 6.45) is 3.74. The molecule has 256 valence electrons. The SMILES string of the molecule is COc1cc2c(Oc3ccc(NC(=O)c4nn(-c5ccc(F)cc5)cc4OC(C)C)cc3F)ccnc2cc1OCCCN1CCNCC1. The largest absolute Gasteiger partial charge is 0.493 e. The first-order chi connectivity index (χ1) is 23.8. The van der Waals surface area contributed by atoms with Crippen LogP contribution in [0.3, 0.4) is 0 Å². The molecule has 0 unspecified atom stereocenters. The van der Waals surface area contributed by atoms with E-state index in [0.717, 1.165) is 45.2 Å². The van der Waals surface area contributed by atoms with E-state index in [2.05, 4.69) is 25.6 Å². The molecule has 3 aromatic carbocycles. The van der Waals surface area contributed by atoms with E-state index in [9.17, 15) is 9.18 Å². The molecule has 1 saturated heterocycles. The minimum absolute atomic E-state index is 0.0149. The first-order valence-electron chi connectivity index (χ1n) is 16.1. The number of nitrogens with zero attached hydrogens (tertiary/aromatic N) is 4. The molecule has 6 rings (SSSR count). The van der Waals surface area contributed by atoms with Crippen LogP contribution in [0.1, 0.15) is 30.8 Å². The number of aromatic nitrogens is 3. The maximum absolute atomic E-state index is 15.4. The summed E-state index contributed by atoms with van der Waals surface area (Å²) < 4.78 is 53.7. The van der Waals surface area contributed by atoms with E-state index >= 15 is 4.39 Å². The average Bonchev–Trinajstić information content (AvgIpc) is 3.51. The highest BCUT2D eigenvalue weighted by Gasteiger charge is 2.21. The van der Waals surface area contributed by atoms with Crippen molar-refractivity contribution in [1.29, 1.82) is 0 Å². The Morgan fingerprint density at radius 3 is 2.49 bits per heavy atom. The Kier molecular flexibility index (Phi) is 10.5. The van der Waals surface area contributed by atoms with Crippen LogP contribution in [0.4, 0.5) is 14.5 Å². The van der Waals surface area contributed by atoms with Gasteiger partial charge in [-0.05, 0) is 68.8 Å². The number of amides is 1. The summed E-state index contributed by atoms with van der Waals surface area (Å²) in [6.45, 7) is 9.18. The average molecular weight is 673 g/mol. The van der Waals surface area contributed by atoms with E-state index in [0.29, 0.717) is 40.4 Å². The van der Waals surface area contributed by atoms with Crippen molar-refractivity contribution in [2.45, 2.75) is 26.4 Å². The molecule has 5 aromatic rings. The van der Waals surface area contributed by atoms with Gasteiger partial charge in [0.05, 0.1) is 37.2 Å². The summed E-state index contributed by atoms with van der Waals surface area (Å²) in [4.78, 5) is 20.2. The van der Waals surface area contributed by atoms with Crippen LogP contribution in [0.25, 0.3) is 16.6 Å². The zero-order chi connectivity index (χ0) is 34.3. The highest BCUT2D eigenvalue weighted by atomic mass is 19.1. The van der Waals surface area contributed by atoms with Gasteiger partial charge in [0, 0.05) is 62.1 Å². The molecule has 13 heteroatoms. The monoisotopic (exact) mass is 672 g/mol. The normalized spacial score (nSPS) is 13.4. The van der Waals surface area contributed by atoms with Gasteiger partial charge >= 0.3 is 0 Å². The fourth-order valence-corrected chi connectivity index (χ4v) is 5.45. The third-order valence-corrected chi connectivity index (χ3v) is 7.83. The first kappa shape index (κ1) is 33.6. The van der Waals surface area contributed by atoms with Crippen molar-refractivity contribution in [3.8, 4) is 34.4 Å². The number of anilines is 1. The number of fused-ring (bicyclic) bond motifs is 1. The van der Waals surface area contributed by atoms with Crippen LogP contribution >= 0.6 is 0 Å². The molecule has 11 nitrogen and oxygen atoms in total. The molecule has 2 aromatic heterocycles. The molecule has 1 amide bonds. The maximum atomic E-state index is 15.4. The van der Waals surface area contributed by atoms with Crippen LogP contribution in [0.2, 0.25) is 0 Å². The Labute approximate surface area is 282 Å². The van der Waals surface area contributed by atoms with Crippen molar-refractivity contribution in [3.63, 3.8) is 0 Å². The van der Waals surface area contributed by atoms with Crippen molar-refractivity contribution >= 4 is 22.5 Å². The molecule has 0 saturated carbocycles. The molecule has 0 bridgehead atoms. The van der Waals surface area contributed by atoms with Gasteiger partial charge in [-0.1, -0.05) is 0 Å². The van der Waals surface area contributed by atoms with Gasteiger partial charge in [-0.2, -0.15) is 5.10 Å². The van der Waals surface area contributed by atoms with Crippen LogP contribution in [0.5, 0.6) is 28.7 Å². The molecule has 0 spiro atoms. The number of pyridine rings is 1. The number of nitrogens with one attached hydrogen (secondary N) is 2. The zero-order valence-corrected chi connectivity index (χ0v) is 27.5. The van der Waals surface area contributed by atoms with Crippen LogP contribution < -0.4 is 29.6 Å². The Morgan fingerprint density at radius 2 is 1.76 bits per heavy atom. The van der Waals surface area contributed by atoms with Crippen molar-refractivity contribution < 1.29 is 32.5 Å². The van der Waals surface area contributed by atoms with E-state index in [-0.39, 0.29) is 29.0 Å². The molecule has 2 N–H and O–H groups in total. The van der Waals surface area contributed by atoms with E-state index in [4.69, 9.17) is 18.9 Å². The maximum Gasteiger partial charge on any atom is 0.280 e. The second kappa shape index (κ2) is 15.3. The standard InChI is InChI=1S/C36H38F2N6O5/c1-23(2)48-34-22-44(26-8-5-24(37)6-9-26)42-35(34)36(45)41-25-7-10-31(28(38)19-25)49-30-11-12-40-29-21-33(32(46-3)20-27(29)30)47-18-4-15-43-16-13-39-14-17-43/h5-12,19-23,39H,4,13-18H2,1-3H3,(H,41,45). The minimum Gasteiger partial charge on any atom is -0.493 e. The summed E-state index contributed by atoms with van der Waals surface area (Å²) in [5.41, 5.74) is 1.30. The fourth-order valence-electron chi connectivity index (χ4n) is 5.45. The van der Waals surface area contributed by atoms with Gasteiger partial charge in [0.25, 0.3) is 5.91 Å². The molecular weight excluding hydrogens is 634 g/mol. The van der Waals surface area contributed by atoms with Gasteiger partial charge in [0.1, 0.15) is 11.6 Å². The second-order valence-electron chi connectivity index (χ2n) is 11.8. The molecule has 3 heterocycles. The number of ether oxygens (including phenoxy) is 4. The Balaban J connectivity index is 1.15. The quantitative estimate of drug-likeness (QED) is 0.141. The molecule has 0 atom stereocenters. The second-order valence-corrected chi connectivity index (χ2v) is 11.8. The molecule has 49 heavy (non-hydrogen) atoms. The summed E-state index contributed by atoms with van der Waals surface area (Å²) in [7, 11) is 1.56. The number of rotatable bonds is 13. The van der Waals surface area contributed by atoms with E-state index in [1.165, 1.54) is 47.3 Å². The topological polar surface area (TPSA) is 112 Å². The smallest absolute Gasteiger partial charge is 0.280 e. The molecule has 1 fully saturated rings. The first-order valence-corrected chi connectivity index (χ1v) is 16.1. The van der Waals surface area contributed by atoms with Gasteiger partial charge in [0.2, 0.25) is 0 Å². The molecular formula is C36H38F2N6O5. The number of halogens is 2. The predicted molar refractivity (Wildman–Crippen MR) is 181 cm³/mol. The predicted octanol–water partition coefficient (Wildman–Crippen LogP) is 6.21. The van der Waals surface area contributed by atoms with Gasteiger partial charge in [-0.25, -0.2) is 13.5 Å². The lowest BCUT2D eigenvalue weighted by Crippen LogP contribution is -2.43. The lowest BCUT2D eigenvalue weighted by molar-refractivity contribution is 0.101. The number of benzene rings is 3. The van der Waals surface area contributed by atoms with Gasteiger partial charge in [-0.3, -0.25) is 9.78 Å². The zero-order valence-electron chi connectivity index (χ0n) is 27.5. The van der Waals surface area contributed by atoms with Gasteiger partial charge in [0.15, 0.2) is 34.5 Å². The van der Waals surface area contributed by atoms with Crippen molar-refractivity contribution in [2.24, 2.45) is 0 Å². The number of piperazine rings is 1. The number of carbonyl (C=O) groups is 1. The van der Waals surface area contributed by atoms with Gasteiger partial charge < -0.3 is 34.5 Å². The molecule has 1 aliphatic rings. The fraction of sp³-hybridized carbons (Fsp3) is 0.306. The van der Waals surface area contributed by atoms with Crippen LogP contribution in [-0.4, -0.2) is 78.1 Å². The molecule has 0 radical (unpaired) electrons. The van der Waals surface area contributed by atoms with Crippen molar-refractivity contribution in [3.05, 3.63) is 90.4 Å². The summed E-state index contributed by atoms with van der Waals surface area (Å²) in [6, 6.07) is 14.9. The van der Waals surface area contributed by atoms with E-state index < -0.39 is 17.5 Å². The molecule has 0 aliphatic carbocycles. The third kappa shape index (κ3) is 8.24. The number of carbonyl (C=O) groups excluding carboxylic acids is 1. The Bertz CT molecular complexity index is 1910. The Morgan fingerprint density at radius 1 is 0.959 bits per heavy atom. The van der Waals surface area contributed by atoms with Crippen LogP contribution in [-0.2, 0) is 0 Å². The lowest BCUT2D eigenvalue weighted by Gasteiger charge is -2.27. The number of hydrogen-bond donors (Lipinski definition) is 2. The summed E-state index contributed by atoms with van der Waals surface area (Å²) >= 11 is 0. The van der Waals surface area contributed by atoms with E-state index in [1.54, 1.807) is 31.5 Å². The summed E-state index contributed by atoms with van der Waals surface area (Å²) in [5.74, 6) is -0.0999. The number of hydrogen-bond acceptors (Lipinski definition) is 9. The number of methoxy groups -OCH3 is 1. The lowest BCUT2D eigenvalue weighted by atomic mass is 10.1. The van der Waals surface area contributed by atoms with Crippen LogP contribution in [0, 0.1) is 11.6 Å². The highest BCUT2D eigenvalue weighted by molar-refractivity contribution is 6.04. The summed E-state index contributed by atoms with van der Waals surface area (Å²) in [5, 5.41) is 11.0. The molecule has 1 aliphatic heterocycles. The van der Waals surface area contributed by atoms with Crippen molar-refractivity contribution in [2.75, 3.05) is 51.8 Å². The minimum atomic E-state index is -0.699. The highest BCUT2D eigenvalue weighted by Crippen LogP contribution is 2.38. The van der Waals surface area contributed by atoms with E-state index in [1.807, 2.05) is 13.8 Å². The Hall–Kier alpha value is -5.27. The van der Waals surface area contributed by atoms with Crippen molar-refractivity contribution in [1.82, 2.24) is 25.0 Å². The van der Waals surface area contributed by atoms with Gasteiger partial charge in [-0.15, -0.1) is 0 Å². The van der Waals surface area contributed by atoms with Crippen LogP contribution in [0.15, 0.2) is 73.1 Å². The third-order valence-electron chi connectivity index (χ3n) is 7.83.